The van der Waals surface area contributed by atoms with Crippen LogP contribution in [0.1, 0.15) is 11.1 Å². The highest BCUT2D eigenvalue weighted by atomic mass is 32.2. The average molecular weight is 393 g/mol. The van der Waals surface area contributed by atoms with E-state index in [1.165, 1.54) is 0 Å². The predicted octanol–water partition coefficient (Wildman–Crippen LogP) is 2.42. The van der Waals surface area contributed by atoms with E-state index in [1.807, 2.05) is 4.72 Å². The van der Waals surface area contributed by atoms with Gasteiger partial charge in [-0.05, 0) is 18.2 Å². The van der Waals surface area contributed by atoms with Gasteiger partial charge in [0.15, 0.2) is 0 Å². The van der Waals surface area contributed by atoms with Gasteiger partial charge in [-0.1, -0.05) is 0 Å². The van der Waals surface area contributed by atoms with E-state index >= 15 is 0 Å². The standard InChI is InChI=1S/C13H13F6NO4S/c14-12(15,16)8-3-9(13(17,18)19)5-11(4-8)25(21,22)20-6-10-7-23-1-2-24-10/h3-5,10,20H,1-2,6-7H2. The molecule has 0 spiro atoms. The van der Waals surface area contributed by atoms with Crippen LogP contribution in [0, 0.1) is 0 Å². The number of sulfonamides is 1. The Morgan fingerprint density at radius 3 is 2.00 bits per heavy atom. The van der Waals surface area contributed by atoms with E-state index in [-0.39, 0.29) is 38.0 Å². The van der Waals surface area contributed by atoms with Crippen LogP contribution in [-0.4, -0.2) is 40.9 Å². The number of hydrogen-bond acceptors (Lipinski definition) is 4. The molecule has 25 heavy (non-hydrogen) atoms. The highest BCUT2D eigenvalue weighted by molar-refractivity contribution is 7.89. The first kappa shape index (κ1) is 19.9. The Kier molecular flexibility index (Phi) is 5.66. The number of rotatable bonds is 4. The molecule has 0 aliphatic carbocycles. The first-order chi connectivity index (χ1) is 11.4. The summed E-state index contributed by atoms with van der Waals surface area (Å²) in [6.07, 6.45) is -11.0. The van der Waals surface area contributed by atoms with E-state index < -0.39 is 44.5 Å². The molecule has 1 aromatic rings. The van der Waals surface area contributed by atoms with Crippen LogP contribution >= 0.6 is 0 Å². The molecular formula is C13H13F6NO4S. The van der Waals surface area contributed by atoms with Crippen molar-refractivity contribution in [3.8, 4) is 0 Å². The van der Waals surface area contributed by atoms with Gasteiger partial charge in [-0.15, -0.1) is 0 Å². The molecule has 1 fully saturated rings. The van der Waals surface area contributed by atoms with E-state index in [1.54, 1.807) is 0 Å². The minimum absolute atomic E-state index is 0.0545. The van der Waals surface area contributed by atoms with Gasteiger partial charge in [-0.2, -0.15) is 26.3 Å². The lowest BCUT2D eigenvalue weighted by atomic mass is 10.1. The Labute approximate surface area is 139 Å². The van der Waals surface area contributed by atoms with Crippen molar-refractivity contribution < 1.29 is 44.2 Å². The summed E-state index contributed by atoms with van der Waals surface area (Å²) in [4.78, 5) is -1.13. The second-order valence-corrected chi connectivity index (χ2v) is 6.93. The van der Waals surface area contributed by atoms with Gasteiger partial charge in [0.1, 0.15) is 0 Å². The fourth-order valence-electron chi connectivity index (χ4n) is 2.02. The summed E-state index contributed by atoms with van der Waals surface area (Å²) in [5, 5.41) is 0. The third-order valence-electron chi connectivity index (χ3n) is 3.26. The molecule has 0 radical (unpaired) electrons. The van der Waals surface area contributed by atoms with Crippen molar-refractivity contribution in [2.24, 2.45) is 0 Å². The molecule has 142 valence electrons. The van der Waals surface area contributed by atoms with Crippen LogP contribution in [0.5, 0.6) is 0 Å². The van der Waals surface area contributed by atoms with E-state index in [0.717, 1.165) is 0 Å². The molecular weight excluding hydrogens is 380 g/mol. The van der Waals surface area contributed by atoms with Crippen molar-refractivity contribution in [2.45, 2.75) is 23.4 Å². The molecule has 1 aromatic carbocycles. The Morgan fingerprint density at radius 1 is 1.00 bits per heavy atom. The topological polar surface area (TPSA) is 64.6 Å². The zero-order valence-electron chi connectivity index (χ0n) is 12.4. The lowest BCUT2D eigenvalue weighted by Crippen LogP contribution is -2.39. The highest BCUT2D eigenvalue weighted by Gasteiger charge is 2.38. The molecule has 0 aromatic heterocycles. The van der Waals surface area contributed by atoms with Gasteiger partial charge >= 0.3 is 12.4 Å². The Bertz CT molecular complexity index is 678. The van der Waals surface area contributed by atoms with Crippen LogP contribution in [0.2, 0.25) is 0 Å². The molecule has 1 atom stereocenters. The summed E-state index contributed by atoms with van der Waals surface area (Å²) in [6.45, 7) is 0.221. The molecule has 5 nitrogen and oxygen atoms in total. The maximum Gasteiger partial charge on any atom is 0.416 e. The summed E-state index contributed by atoms with van der Waals surface area (Å²) in [7, 11) is -4.61. The third-order valence-corrected chi connectivity index (χ3v) is 4.66. The van der Waals surface area contributed by atoms with Crippen LogP contribution in [0.15, 0.2) is 23.1 Å². The van der Waals surface area contributed by atoms with Crippen molar-refractivity contribution in [1.29, 1.82) is 0 Å². The number of nitrogens with one attached hydrogen (secondary N) is 1. The van der Waals surface area contributed by atoms with Gasteiger partial charge in [0, 0.05) is 6.54 Å². The number of alkyl halides is 6. The van der Waals surface area contributed by atoms with Gasteiger partial charge in [-0.25, -0.2) is 13.1 Å². The highest BCUT2D eigenvalue weighted by Crippen LogP contribution is 2.37. The number of ether oxygens (including phenoxy) is 2. The Morgan fingerprint density at radius 2 is 1.56 bits per heavy atom. The summed E-state index contributed by atoms with van der Waals surface area (Å²) >= 11 is 0. The summed E-state index contributed by atoms with van der Waals surface area (Å²) in [5.41, 5.74) is -3.42. The lowest BCUT2D eigenvalue weighted by Gasteiger charge is -2.23. The Balaban J connectivity index is 2.31. The van der Waals surface area contributed by atoms with Crippen LogP contribution in [-0.2, 0) is 31.8 Å². The van der Waals surface area contributed by atoms with E-state index in [0.29, 0.717) is 6.61 Å². The van der Waals surface area contributed by atoms with E-state index in [2.05, 4.69) is 0 Å². The van der Waals surface area contributed by atoms with Crippen LogP contribution in [0.4, 0.5) is 26.3 Å². The molecule has 0 saturated carbocycles. The lowest BCUT2D eigenvalue weighted by molar-refractivity contribution is -0.143. The molecule has 12 heteroatoms. The molecule has 1 N–H and O–H groups in total. The van der Waals surface area contributed by atoms with Gasteiger partial charge < -0.3 is 9.47 Å². The summed E-state index contributed by atoms with van der Waals surface area (Å²) in [6, 6.07) is 0.155. The number of halogens is 6. The SMILES string of the molecule is O=S(=O)(NCC1COCCO1)c1cc(C(F)(F)F)cc(C(F)(F)F)c1. The maximum absolute atomic E-state index is 12.8. The fourth-order valence-corrected chi connectivity index (χ4v) is 3.16. The third kappa shape index (κ3) is 5.30. The minimum Gasteiger partial charge on any atom is -0.376 e. The van der Waals surface area contributed by atoms with E-state index in [4.69, 9.17) is 9.47 Å². The first-order valence-electron chi connectivity index (χ1n) is 6.88. The fraction of sp³-hybridized carbons (Fsp3) is 0.538. The van der Waals surface area contributed by atoms with Crippen molar-refractivity contribution in [2.75, 3.05) is 26.4 Å². The van der Waals surface area contributed by atoms with Crippen molar-refractivity contribution in [3.63, 3.8) is 0 Å². The summed E-state index contributed by atoms with van der Waals surface area (Å²) in [5.74, 6) is 0. The van der Waals surface area contributed by atoms with Gasteiger partial charge in [-0.3, -0.25) is 0 Å². The normalized spacial score (nSPS) is 19.8. The largest absolute Gasteiger partial charge is 0.416 e. The van der Waals surface area contributed by atoms with Crippen molar-refractivity contribution in [1.82, 2.24) is 4.72 Å². The average Bonchev–Trinajstić information content (AvgIpc) is 2.52. The molecule has 0 bridgehead atoms. The molecule has 1 aliphatic heterocycles. The van der Waals surface area contributed by atoms with Crippen LogP contribution in [0.25, 0.3) is 0 Å². The van der Waals surface area contributed by atoms with Gasteiger partial charge in [0.05, 0.1) is 41.9 Å². The zero-order chi connectivity index (χ0) is 18.9. The van der Waals surface area contributed by atoms with Crippen molar-refractivity contribution in [3.05, 3.63) is 29.3 Å². The minimum atomic E-state index is -5.13. The molecule has 1 aliphatic rings. The first-order valence-corrected chi connectivity index (χ1v) is 8.36. The Hall–Kier alpha value is -1.37. The second kappa shape index (κ2) is 7.09. The monoisotopic (exact) mass is 393 g/mol. The van der Waals surface area contributed by atoms with Crippen LogP contribution < -0.4 is 4.72 Å². The van der Waals surface area contributed by atoms with Crippen LogP contribution in [0.3, 0.4) is 0 Å². The van der Waals surface area contributed by atoms with E-state index in [9.17, 15) is 34.8 Å². The maximum atomic E-state index is 12.8. The summed E-state index contributed by atoms with van der Waals surface area (Å²) < 4.78 is 113. The number of benzene rings is 1. The second-order valence-electron chi connectivity index (χ2n) is 5.16. The molecule has 2 rings (SSSR count). The quantitative estimate of drug-likeness (QED) is 0.799. The number of hydrogen-bond donors (Lipinski definition) is 1. The smallest absolute Gasteiger partial charge is 0.376 e. The predicted molar refractivity (Wildman–Crippen MR) is 72.2 cm³/mol. The molecule has 1 heterocycles. The molecule has 1 unspecified atom stereocenters. The van der Waals surface area contributed by atoms with Crippen molar-refractivity contribution >= 4 is 10.0 Å². The molecule has 0 amide bonds. The van der Waals surface area contributed by atoms with Gasteiger partial charge in [0.2, 0.25) is 10.0 Å². The molecule has 1 saturated heterocycles. The zero-order valence-corrected chi connectivity index (χ0v) is 13.3. The van der Waals surface area contributed by atoms with Gasteiger partial charge in [0.25, 0.3) is 0 Å².